The molecule has 10 heteroatoms. The highest BCUT2D eigenvalue weighted by Crippen LogP contribution is 2.29. The Morgan fingerprint density at radius 2 is 2.00 bits per heavy atom. The van der Waals surface area contributed by atoms with Gasteiger partial charge in [-0.3, -0.25) is 4.79 Å². The number of nitrogens with one attached hydrogen (secondary N) is 2. The quantitative estimate of drug-likeness (QED) is 0.400. The highest BCUT2D eigenvalue weighted by Gasteiger charge is 2.15. The SMILES string of the molecule is CC(C)(C)OC(=O)NCCc1cn(CCNC(=O)CCSSc2ccccn2)cn1. The van der Waals surface area contributed by atoms with E-state index in [4.69, 9.17) is 4.74 Å². The maximum atomic E-state index is 11.9. The van der Waals surface area contributed by atoms with Crippen LogP contribution in [-0.4, -0.2) is 51.0 Å². The predicted octanol–water partition coefficient (Wildman–Crippen LogP) is 3.29. The Hall–Kier alpha value is -2.20. The highest BCUT2D eigenvalue weighted by atomic mass is 33.1. The highest BCUT2D eigenvalue weighted by molar-refractivity contribution is 8.76. The largest absolute Gasteiger partial charge is 0.444 e. The monoisotopic (exact) mass is 451 g/mol. The summed E-state index contributed by atoms with van der Waals surface area (Å²) < 4.78 is 7.12. The fourth-order valence-corrected chi connectivity index (χ4v) is 4.18. The number of nitrogens with zero attached hydrogens (tertiary/aromatic N) is 3. The summed E-state index contributed by atoms with van der Waals surface area (Å²) >= 11 is 0. The van der Waals surface area contributed by atoms with Gasteiger partial charge in [0.05, 0.1) is 12.0 Å². The van der Waals surface area contributed by atoms with Crippen molar-refractivity contribution in [2.45, 2.75) is 50.8 Å². The molecule has 2 aromatic heterocycles. The van der Waals surface area contributed by atoms with Crippen molar-refractivity contribution in [1.29, 1.82) is 0 Å². The fraction of sp³-hybridized carbons (Fsp3) is 0.500. The second kappa shape index (κ2) is 12.5. The average Bonchev–Trinajstić information content (AvgIpc) is 3.12. The number of amides is 2. The number of ether oxygens (including phenoxy) is 1. The van der Waals surface area contributed by atoms with E-state index in [0.717, 1.165) is 16.5 Å². The van der Waals surface area contributed by atoms with Crippen LogP contribution in [0.15, 0.2) is 41.9 Å². The maximum absolute atomic E-state index is 11.9. The molecule has 0 bridgehead atoms. The molecule has 0 atom stereocenters. The molecular weight excluding hydrogens is 422 g/mol. The van der Waals surface area contributed by atoms with Gasteiger partial charge in [0.25, 0.3) is 0 Å². The molecule has 0 aliphatic rings. The molecular formula is C20H29N5O3S2. The number of alkyl carbamates (subject to hydrolysis) is 1. The Labute approximate surface area is 185 Å². The van der Waals surface area contributed by atoms with Crippen LogP contribution in [0.1, 0.15) is 32.9 Å². The summed E-state index contributed by atoms with van der Waals surface area (Å²) in [5, 5.41) is 6.58. The number of rotatable bonds is 11. The summed E-state index contributed by atoms with van der Waals surface area (Å²) in [6, 6.07) is 5.78. The van der Waals surface area contributed by atoms with E-state index in [9.17, 15) is 9.59 Å². The van der Waals surface area contributed by atoms with Gasteiger partial charge in [0.15, 0.2) is 0 Å². The molecule has 2 aromatic rings. The van der Waals surface area contributed by atoms with Crippen molar-refractivity contribution < 1.29 is 14.3 Å². The van der Waals surface area contributed by atoms with Gasteiger partial charge in [-0.1, -0.05) is 16.9 Å². The van der Waals surface area contributed by atoms with E-state index >= 15 is 0 Å². The summed E-state index contributed by atoms with van der Waals surface area (Å²) in [6.45, 7) is 7.13. The van der Waals surface area contributed by atoms with Crippen LogP contribution in [0.4, 0.5) is 4.79 Å². The van der Waals surface area contributed by atoms with Gasteiger partial charge in [-0.15, -0.1) is 0 Å². The first kappa shape index (κ1) is 24.1. The molecule has 0 spiro atoms. The summed E-state index contributed by atoms with van der Waals surface area (Å²) in [4.78, 5) is 32.1. The van der Waals surface area contributed by atoms with E-state index in [-0.39, 0.29) is 5.91 Å². The second-order valence-electron chi connectivity index (χ2n) is 7.45. The minimum atomic E-state index is -0.507. The number of pyridine rings is 1. The normalized spacial score (nSPS) is 11.2. The Balaban J connectivity index is 1.54. The molecule has 2 amide bonds. The van der Waals surface area contributed by atoms with Crippen LogP contribution in [0.25, 0.3) is 0 Å². The van der Waals surface area contributed by atoms with Crippen molar-refractivity contribution in [2.24, 2.45) is 0 Å². The summed E-state index contributed by atoms with van der Waals surface area (Å²) in [5.41, 5.74) is 0.368. The number of carbonyl (C=O) groups excluding carboxylic acids is 2. The standard InChI is InChI=1S/C20H29N5O3S2/c1-20(2,3)28-19(27)23-10-7-16-14-25(15-24-16)12-11-21-17(26)8-13-29-30-18-6-4-5-9-22-18/h4-6,9,14-15H,7-8,10-13H2,1-3H3,(H,21,26)(H,23,27). The van der Waals surface area contributed by atoms with E-state index in [0.29, 0.717) is 32.5 Å². The van der Waals surface area contributed by atoms with Gasteiger partial charge < -0.3 is 19.9 Å². The molecule has 0 fully saturated rings. The molecule has 0 saturated carbocycles. The van der Waals surface area contributed by atoms with Crippen molar-refractivity contribution in [2.75, 3.05) is 18.8 Å². The van der Waals surface area contributed by atoms with Gasteiger partial charge in [-0.2, -0.15) is 0 Å². The average molecular weight is 452 g/mol. The lowest BCUT2D eigenvalue weighted by atomic mass is 10.2. The van der Waals surface area contributed by atoms with Crippen LogP contribution in [0.2, 0.25) is 0 Å². The molecule has 30 heavy (non-hydrogen) atoms. The van der Waals surface area contributed by atoms with Crippen LogP contribution < -0.4 is 10.6 Å². The first-order valence-electron chi connectivity index (χ1n) is 9.76. The maximum Gasteiger partial charge on any atom is 0.407 e. The third-order valence-electron chi connectivity index (χ3n) is 3.62. The lowest BCUT2D eigenvalue weighted by Crippen LogP contribution is -2.33. The first-order valence-corrected chi connectivity index (χ1v) is 12.1. The lowest BCUT2D eigenvalue weighted by molar-refractivity contribution is -0.120. The minimum Gasteiger partial charge on any atom is -0.444 e. The zero-order chi connectivity index (χ0) is 21.8. The van der Waals surface area contributed by atoms with Crippen LogP contribution in [0.5, 0.6) is 0 Å². The van der Waals surface area contributed by atoms with Gasteiger partial charge in [0.1, 0.15) is 10.6 Å². The molecule has 0 unspecified atom stereocenters. The molecule has 2 N–H and O–H groups in total. The number of hydrogen-bond donors (Lipinski definition) is 2. The molecule has 0 aromatic carbocycles. The van der Waals surface area contributed by atoms with Crippen LogP contribution >= 0.6 is 21.6 Å². The van der Waals surface area contributed by atoms with Crippen LogP contribution in [0, 0.1) is 0 Å². The first-order chi connectivity index (χ1) is 14.3. The van der Waals surface area contributed by atoms with Crippen molar-refractivity contribution >= 4 is 33.6 Å². The van der Waals surface area contributed by atoms with Crippen molar-refractivity contribution in [3.63, 3.8) is 0 Å². The third kappa shape index (κ3) is 10.5. The number of carbonyl (C=O) groups is 2. The number of hydrogen-bond acceptors (Lipinski definition) is 7. The van der Waals surface area contributed by atoms with E-state index in [1.54, 1.807) is 34.1 Å². The third-order valence-corrected chi connectivity index (χ3v) is 5.89. The van der Waals surface area contributed by atoms with Crippen LogP contribution in [-0.2, 0) is 22.5 Å². The summed E-state index contributed by atoms with van der Waals surface area (Å²) in [5.74, 6) is 0.762. The Bertz CT molecular complexity index is 793. The predicted molar refractivity (Wildman–Crippen MR) is 120 cm³/mol. The van der Waals surface area contributed by atoms with Crippen molar-refractivity contribution in [3.8, 4) is 0 Å². The Morgan fingerprint density at radius 1 is 1.17 bits per heavy atom. The Morgan fingerprint density at radius 3 is 2.73 bits per heavy atom. The van der Waals surface area contributed by atoms with E-state index in [1.807, 2.05) is 49.7 Å². The molecule has 0 saturated heterocycles. The molecule has 8 nitrogen and oxygen atoms in total. The second-order valence-corrected chi connectivity index (χ2v) is 9.89. The van der Waals surface area contributed by atoms with Gasteiger partial charge in [0.2, 0.25) is 5.91 Å². The van der Waals surface area contributed by atoms with Gasteiger partial charge in [-0.05, 0) is 43.7 Å². The fourth-order valence-electron chi connectivity index (χ4n) is 2.31. The molecule has 2 heterocycles. The van der Waals surface area contributed by atoms with Gasteiger partial charge in [-0.25, -0.2) is 14.8 Å². The number of aromatic nitrogens is 3. The lowest BCUT2D eigenvalue weighted by Gasteiger charge is -2.19. The molecule has 2 rings (SSSR count). The smallest absolute Gasteiger partial charge is 0.407 e. The zero-order valence-corrected chi connectivity index (χ0v) is 19.2. The van der Waals surface area contributed by atoms with E-state index in [1.165, 1.54) is 0 Å². The summed E-state index contributed by atoms with van der Waals surface area (Å²) in [7, 11) is 3.20. The molecule has 164 valence electrons. The van der Waals surface area contributed by atoms with Crippen LogP contribution in [0.3, 0.4) is 0 Å². The topological polar surface area (TPSA) is 98.1 Å². The van der Waals surface area contributed by atoms with Crippen molar-refractivity contribution in [3.05, 3.63) is 42.6 Å². The van der Waals surface area contributed by atoms with E-state index in [2.05, 4.69) is 20.6 Å². The molecule has 0 aliphatic heterocycles. The molecule has 0 aliphatic carbocycles. The summed E-state index contributed by atoms with van der Waals surface area (Å²) in [6.07, 6.45) is 6.06. The van der Waals surface area contributed by atoms with Gasteiger partial charge >= 0.3 is 6.09 Å². The molecule has 0 radical (unpaired) electrons. The zero-order valence-electron chi connectivity index (χ0n) is 17.6. The van der Waals surface area contributed by atoms with Crippen molar-refractivity contribution in [1.82, 2.24) is 25.2 Å². The Kier molecular flexibility index (Phi) is 10.0. The minimum absolute atomic E-state index is 0.0334. The van der Waals surface area contributed by atoms with Gasteiger partial charge in [0, 0.05) is 50.6 Å². The van der Waals surface area contributed by atoms with E-state index < -0.39 is 11.7 Å². The number of imidazole rings is 1.